The van der Waals surface area contributed by atoms with E-state index in [1.54, 1.807) is 18.2 Å². The Bertz CT molecular complexity index is 336. The summed E-state index contributed by atoms with van der Waals surface area (Å²) in [5.41, 5.74) is 6.39. The lowest BCUT2D eigenvalue weighted by Gasteiger charge is -2.10. The van der Waals surface area contributed by atoms with Gasteiger partial charge in [0, 0.05) is 15.5 Å². The molecule has 0 aromatic heterocycles. The lowest BCUT2D eigenvalue weighted by Crippen LogP contribution is -2.14. The second-order valence-electron chi connectivity index (χ2n) is 2.91. The molecular weight excluding hydrogens is 269 g/mol. The predicted molar refractivity (Wildman–Crippen MR) is 58.3 cm³/mol. The Labute approximate surface area is 95.0 Å². The van der Waals surface area contributed by atoms with Gasteiger partial charge in [0.15, 0.2) is 0 Å². The van der Waals surface area contributed by atoms with Crippen LogP contribution in [0.3, 0.4) is 0 Å². The van der Waals surface area contributed by atoms with Crippen LogP contribution in [0.25, 0.3) is 0 Å². The largest absolute Gasteiger partial charge is 0.481 e. The standard InChI is InChI=1S/C9H9BrClNO2/c10-6-1-5(2-7(11)3-6)8(12)4-9(13)14/h1-3,8H,4,12H2,(H,13,14)/t8-/m1/s1. The number of carboxylic acid groups (broad SMARTS) is 1. The van der Waals surface area contributed by atoms with Gasteiger partial charge in [-0.05, 0) is 23.8 Å². The molecule has 1 atom stereocenters. The highest BCUT2D eigenvalue weighted by atomic mass is 79.9. The average Bonchev–Trinajstić information content (AvgIpc) is 2.00. The molecule has 0 amide bonds. The summed E-state index contributed by atoms with van der Waals surface area (Å²) in [6.07, 6.45) is -0.104. The third kappa shape index (κ3) is 3.29. The molecule has 1 rings (SSSR count). The lowest BCUT2D eigenvalue weighted by atomic mass is 10.1. The Morgan fingerprint density at radius 3 is 2.71 bits per heavy atom. The first kappa shape index (κ1) is 11.5. The molecule has 1 aromatic carbocycles. The Morgan fingerprint density at radius 1 is 1.57 bits per heavy atom. The number of benzene rings is 1. The van der Waals surface area contributed by atoms with E-state index in [1.807, 2.05) is 0 Å². The second-order valence-corrected chi connectivity index (χ2v) is 4.26. The first-order chi connectivity index (χ1) is 6.49. The quantitative estimate of drug-likeness (QED) is 0.893. The van der Waals surface area contributed by atoms with Crippen molar-refractivity contribution >= 4 is 33.5 Å². The van der Waals surface area contributed by atoms with Gasteiger partial charge in [0.05, 0.1) is 6.42 Å². The van der Waals surface area contributed by atoms with E-state index in [-0.39, 0.29) is 6.42 Å². The Morgan fingerprint density at radius 2 is 2.21 bits per heavy atom. The molecule has 0 heterocycles. The van der Waals surface area contributed by atoms with E-state index < -0.39 is 12.0 Å². The first-order valence-electron chi connectivity index (χ1n) is 3.92. The van der Waals surface area contributed by atoms with Crippen molar-refractivity contribution in [2.24, 2.45) is 5.73 Å². The molecule has 0 aliphatic heterocycles. The maximum absolute atomic E-state index is 10.4. The van der Waals surface area contributed by atoms with Crippen molar-refractivity contribution in [3.8, 4) is 0 Å². The topological polar surface area (TPSA) is 63.3 Å². The summed E-state index contributed by atoms with van der Waals surface area (Å²) < 4.78 is 0.792. The van der Waals surface area contributed by atoms with E-state index in [4.69, 9.17) is 22.4 Å². The Balaban J connectivity index is 2.89. The molecule has 0 aliphatic rings. The fraction of sp³-hybridized carbons (Fsp3) is 0.222. The zero-order valence-corrected chi connectivity index (χ0v) is 9.55. The van der Waals surface area contributed by atoms with Gasteiger partial charge in [0.25, 0.3) is 0 Å². The number of halogens is 2. The monoisotopic (exact) mass is 277 g/mol. The number of hydrogen-bond donors (Lipinski definition) is 2. The van der Waals surface area contributed by atoms with Crippen molar-refractivity contribution in [2.45, 2.75) is 12.5 Å². The summed E-state index contributed by atoms with van der Waals surface area (Å²) in [4.78, 5) is 10.4. The van der Waals surface area contributed by atoms with E-state index in [1.165, 1.54) is 0 Å². The van der Waals surface area contributed by atoms with Crippen LogP contribution in [0.1, 0.15) is 18.0 Å². The molecule has 76 valence electrons. The highest BCUT2D eigenvalue weighted by Gasteiger charge is 2.11. The molecule has 0 bridgehead atoms. The van der Waals surface area contributed by atoms with Crippen molar-refractivity contribution < 1.29 is 9.90 Å². The van der Waals surface area contributed by atoms with E-state index in [2.05, 4.69) is 15.9 Å². The summed E-state index contributed by atoms with van der Waals surface area (Å²) in [5, 5.41) is 9.10. The van der Waals surface area contributed by atoms with Crippen LogP contribution >= 0.6 is 27.5 Å². The molecule has 0 saturated heterocycles. The molecular formula is C9H9BrClNO2. The number of rotatable bonds is 3. The number of carbonyl (C=O) groups is 1. The van der Waals surface area contributed by atoms with Gasteiger partial charge in [-0.25, -0.2) is 0 Å². The molecule has 0 unspecified atom stereocenters. The highest BCUT2D eigenvalue weighted by Crippen LogP contribution is 2.24. The zero-order chi connectivity index (χ0) is 10.7. The van der Waals surface area contributed by atoms with Crippen LogP contribution in [0.2, 0.25) is 5.02 Å². The lowest BCUT2D eigenvalue weighted by molar-refractivity contribution is -0.137. The molecule has 3 N–H and O–H groups in total. The third-order valence-corrected chi connectivity index (χ3v) is 2.38. The highest BCUT2D eigenvalue weighted by molar-refractivity contribution is 9.10. The van der Waals surface area contributed by atoms with Crippen molar-refractivity contribution in [2.75, 3.05) is 0 Å². The molecule has 5 heteroatoms. The van der Waals surface area contributed by atoms with Crippen LogP contribution in [0.15, 0.2) is 22.7 Å². The smallest absolute Gasteiger partial charge is 0.305 e. The average molecular weight is 279 g/mol. The molecule has 0 radical (unpaired) electrons. The SMILES string of the molecule is N[C@H](CC(=O)O)c1cc(Cl)cc(Br)c1. The number of hydrogen-bond acceptors (Lipinski definition) is 2. The van der Waals surface area contributed by atoms with Gasteiger partial charge >= 0.3 is 5.97 Å². The fourth-order valence-corrected chi connectivity index (χ4v) is 1.98. The van der Waals surface area contributed by atoms with Gasteiger partial charge < -0.3 is 10.8 Å². The van der Waals surface area contributed by atoms with Gasteiger partial charge in [-0.15, -0.1) is 0 Å². The fourth-order valence-electron chi connectivity index (χ4n) is 1.10. The van der Waals surface area contributed by atoms with Gasteiger partial charge in [-0.1, -0.05) is 27.5 Å². The van der Waals surface area contributed by atoms with Gasteiger partial charge in [0.1, 0.15) is 0 Å². The van der Waals surface area contributed by atoms with Crippen LogP contribution < -0.4 is 5.73 Å². The van der Waals surface area contributed by atoms with Crippen molar-refractivity contribution in [1.29, 1.82) is 0 Å². The van der Waals surface area contributed by atoms with Crippen molar-refractivity contribution in [3.05, 3.63) is 33.3 Å². The zero-order valence-electron chi connectivity index (χ0n) is 7.21. The first-order valence-corrected chi connectivity index (χ1v) is 5.09. The minimum absolute atomic E-state index is 0.104. The van der Waals surface area contributed by atoms with Crippen LogP contribution in [-0.2, 0) is 4.79 Å². The van der Waals surface area contributed by atoms with Crippen molar-refractivity contribution in [3.63, 3.8) is 0 Å². The normalized spacial score (nSPS) is 12.5. The van der Waals surface area contributed by atoms with Gasteiger partial charge in [-0.2, -0.15) is 0 Å². The maximum atomic E-state index is 10.4. The van der Waals surface area contributed by atoms with Crippen LogP contribution in [-0.4, -0.2) is 11.1 Å². The molecule has 0 fully saturated rings. The molecule has 0 spiro atoms. The minimum atomic E-state index is -0.923. The summed E-state index contributed by atoms with van der Waals surface area (Å²) in [5.74, 6) is -0.923. The molecule has 1 aromatic rings. The van der Waals surface area contributed by atoms with Crippen LogP contribution in [0.4, 0.5) is 0 Å². The summed E-state index contributed by atoms with van der Waals surface area (Å²) in [7, 11) is 0. The third-order valence-electron chi connectivity index (χ3n) is 1.71. The Kier molecular flexibility index (Phi) is 3.92. The minimum Gasteiger partial charge on any atom is -0.481 e. The molecule has 14 heavy (non-hydrogen) atoms. The molecule has 3 nitrogen and oxygen atoms in total. The number of nitrogens with two attached hydrogens (primary N) is 1. The van der Waals surface area contributed by atoms with Gasteiger partial charge in [-0.3, -0.25) is 4.79 Å². The van der Waals surface area contributed by atoms with E-state index in [9.17, 15) is 4.79 Å². The summed E-state index contributed by atoms with van der Waals surface area (Å²) in [6.45, 7) is 0. The Hall–Kier alpha value is -0.580. The summed E-state index contributed by atoms with van der Waals surface area (Å²) >= 11 is 9.06. The number of aliphatic carboxylic acids is 1. The number of carboxylic acids is 1. The van der Waals surface area contributed by atoms with Crippen LogP contribution in [0.5, 0.6) is 0 Å². The van der Waals surface area contributed by atoms with E-state index in [0.717, 1.165) is 4.47 Å². The molecule has 0 aliphatic carbocycles. The van der Waals surface area contributed by atoms with Crippen molar-refractivity contribution in [1.82, 2.24) is 0 Å². The predicted octanol–water partition coefficient (Wildman–Crippen LogP) is 2.58. The summed E-state index contributed by atoms with van der Waals surface area (Å²) in [6, 6.07) is 4.63. The maximum Gasteiger partial charge on any atom is 0.305 e. The van der Waals surface area contributed by atoms with E-state index in [0.29, 0.717) is 10.6 Å². The second kappa shape index (κ2) is 4.77. The molecule has 0 saturated carbocycles. The van der Waals surface area contributed by atoms with E-state index >= 15 is 0 Å². The van der Waals surface area contributed by atoms with Gasteiger partial charge in [0.2, 0.25) is 0 Å². The van der Waals surface area contributed by atoms with Crippen LogP contribution in [0, 0.1) is 0 Å².